The Balaban J connectivity index is 1.53. The highest BCUT2D eigenvalue weighted by Crippen LogP contribution is 2.22. The maximum absolute atomic E-state index is 12.6. The molecule has 0 bridgehead atoms. The smallest absolute Gasteiger partial charge is 0.308 e. The molecule has 0 saturated carbocycles. The second-order valence-electron chi connectivity index (χ2n) is 6.34. The van der Waals surface area contributed by atoms with E-state index >= 15 is 0 Å². The van der Waals surface area contributed by atoms with Gasteiger partial charge in [0.25, 0.3) is 5.91 Å². The molecule has 0 spiro atoms. The van der Waals surface area contributed by atoms with Crippen LogP contribution in [0.5, 0.6) is 0 Å². The summed E-state index contributed by atoms with van der Waals surface area (Å²) in [5, 5.41) is 4.79. The summed E-state index contributed by atoms with van der Waals surface area (Å²) in [6.45, 7) is 0.984. The van der Waals surface area contributed by atoms with Crippen LogP contribution in [0.3, 0.4) is 0 Å². The van der Waals surface area contributed by atoms with Crippen LogP contribution in [-0.4, -0.2) is 47.9 Å². The number of nitrogens with one attached hydrogen (secondary N) is 1. The normalized spacial score (nSPS) is 14.6. The Morgan fingerprint density at radius 3 is 2.59 bits per heavy atom. The van der Waals surface area contributed by atoms with Crippen molar-refractivity contribution in [3.8, 4) is 0 Å². The average Bonchev–Trinajstić information content (AvgIpc) is 3.16. The SMILES string of the molecule is COC(=O)C1CCN(C(=O)c2csc(NC(=O)Cc3ccccc3)n2)CC1. The van der Waals surface area contributed by atoms with Crippen molar-refractivity contribution in [2.24, 2.45) is 5.92 Å². The Bertz CT molecular complexity index is 813. The van der Waals surface area contributed by atoms with E-state index in [1.54, 1.807) is 10.3 Å². The molecular formula is C19H21N3O4S. The number of methoxy groups -OCH3 is 1. The Labute approximate surface area is 161 Å². The minimum absolute atomic E-state index is 0.151. The number of carbonyl (C=O) groups is 3. The average molecular weight is 387 g/mol. The molecule has 3 rings (SSSR count). The van der Waals surface area contributed by atoms with E-state index in [1.165, 1.54) is 18.4 Å². The van der Waals surface area contributed by atoms with Crippen molar-refractivity contribution in [2.45, 2.75) is 19.3 Å². The zero-order chi connectivity index (χ0) is 19.2. The summed E-state index contributed by atoms with van der Waals surface area (Å²) in [4.78, 5) is 42.2. The number of benzene rings is 1. The van der Waals surface area contributed by atoms with Crippen LogP contribution in [0, 0.1) is 5.92 Å². The van der Waals surface area contributed by atoms with Gasteiger partial charge in [-0.15, -0.1) is 11.3 Å². The van der Waals surface area contributed by atoms with Gasteiger partial charge < -0.3 is 15.0 Å². The molecular weight excluding hydrogens is 366 g/mol. The molecule has 1 aromatic carbocycles. The van der Waals surface area contributed by atoms with E-state index in [4.69, 9.17) is 4.74 Å². The number of carbonyl (C=O) groups excluding carboxylic acids is 3. The number of likely N-dealkylation sites (tertiary alicyclic amines) is 1. The van der Waals surface area contributed by atoms with Gasteiger partial charge >= 0.3 is 5.97 Å². The van der Waals surface area contributed by atoms with Crippen molar-refractivity contribution >= 4 is 34.3 Å². The summed E-state index contributed by atoms with van der Waals surface area (Å²) in [5.74, 6) is -0.729. The number of hydrogen-bond donors (Lipinski definition) is 1. The third-order valence-electron chi connectivity index (χ3n) is 4.49. The van der Waals surface area contributed by atoms with Crippen LogP contribution in [-0.2, 0) is 20.7 Å². The lowest BCUT2D eigenvalue weighted by Crippen LogP contribution is -2.40. The number of anilines is 1. The minimum atomic E-state index is -0.223. The molecule has 2 aromatic rings. The topological polar surface area (TPSA) is 88.6 Å². The Morgan fingerprint density at radius 1 is 1.22 bits per heavy atom. The number of hydrogen-bond acceptors (Lipinski definition) is 6. The maximum Gasteiger partial charge on any atom is 0.308 e. The van der Waals surface area contributed by atoms with Gasteiger partial charge in [-0.2, -0.15) is 0 Å². The van der Waals surface area contributed by atoms with E-state index in [0.29, 0.717) is 36.8 Å². The number of ether oxygens (including phenoxy) is 1. The summed E-state index contributed by atoms with van der Waals surface area (Å²) < 4.78 is 4.76. The molecule has 27 heavy (non-hydrogen) atoms. The van der Waals surface area contributed by atoms with Crippen LogP contribution in [0.2, 0.25) is 0 Å². The highest BCUT2D eigenvalue weighted by Gasteiger charge is 2.29. The first-order valence-electron chi connectivity index (χ1n) is 8.73. The predicted octanol–water partition coefficient (Wildman–Crippen LogP) is 2.35. The van der Waals surface area contributed by atoms with Crippen LogP contribution >= 0.6 is 11.3 Å². The fourth-order valence-electron chi connectivity index (χ4n) is 3.02. The van der Waals surface area contributed by atoms with Crippen molar-refractivity contribution in [1.29, 1.82) is 0 Å². The molecule has 2 amide bonds. The molecule has 7 nitrogen and oxygen atoms in total. The Kier molecular flexibility index (Phi) is 6.18. The molecule has 0 unspecified atom stereocenters. The number of esters is 1. The zero-order valence-corrected chi connectivity index (χ0v) is 15.8. The second-order valence-corrected chi connectivity index (χ2v) is 7.20. The predicted molar refractivity (Wildman–Crippen MR) is 102 cm³/mol. The van der Waals surface area contributed by atoms with Crippen LogP contribution in [0.15, 0.2) is 35.7 Å². The number of nitrogens with zero attached hydrogens (tertiary/aromatic N) is 2. The van der Waals surface area contributed by atoms with Gasteiger partial charge in [-0.3, -0.25) is 14.4 Å². The summed E-state index contributed by atoms with van der Waals surface area (Å²) in [5.41, 5.74) is 1.22. The lowest BCUT2D eigenvalue weighted by Gasteiger charge is -2.30. The van der Waals surface area contributed by atoms with Crippen molar-refractivity contribution in [3.05, 3.63) is 47.0 Å². The van der Waals surface area contributed by atoms with Crippen LogP contribution < -0.4 is 5.32 Å². The molecule has 0 atom stereocenters. The second kappa shape index (κ2) is 8.77. The molecule has 1 aliphatic rings. The van der Waals surface area contributed by atoms with Gasteiger partial charge in [-0.25, -0.2) is 4.98 Å². The zero-order valence-electron chi connectivity index (χ0n) is 15.0. The van der Waals surface area contributed by atoms with Gasteiger partial charge in [0.15, 0.2) is 5.13 Å². The Hall–Kier alpha value is -2.74. The highest BCUT2D eigenvalue weighted by atomic mass is 32.1. The first-order chi connectivity index (χ1) is 13.1. The molecule has 0 aliphatic carbocycles. The molecule has 1 fully saturated rings. The van der Waals surface area contributed by atoms with E-state index in [1.807, 2.05) is 30.3 Å². The number of amides is 2. The first kappa shape index (κ1) is 19.0. The quantitative estimate of drug-likeness (QED) is 0.796. The van der Waals surface area contributed by atoms with E-state index in [-0.39, 0.29) is 30.1 Å². The molecule has 142 valence electrons. The third-order valence-corrected chi connectivity index (χ3v) is 5.25. The minimum Gasteiger partial charge on any atom is -0.469 e. The first-order valence-corrected chi connectivity index (χ1v) is 9.61. The third kappa shape index (κ3) is 4.91. The molecule has 1 aromatic heterocycles. The van der Waals surface area contributed by atoms with Gasteiger partial charge in [-0.05, 0) is 18.4 Å². The molecule has 1 aliphatic heterocycles. The van der Waals surface area contributed by atoms with E-state index in [0.717, 1.165) is 5.56 Å². The largest absolute Gasteiger partial charge is 0.469 e. The van der Waals surface area contributed by atoms with Crippen molar-refractivity contribution < 1.29 is 19.1 Å². The van der Waals surface area contributed by atoms with Crippen LogP contribution in [0.25, 0.3) is 0 Å². The summed E-state index contributed by atoms with van der Waals surface area (Å²) >= 11 is 1.23. The standard InChI is InChI=1S/C19H21N3O4S/c1-26-18(25)14-7-9-22(10-8-14)17(24)15-12-27-19(20-15)21-16(23)11-13-5-3-2-4-6-13/h2-6,12,14H,7-11H2,1H3,(H,20,21,23). The molecule has 1 N–H and O–H groups in total. The van der Waals surface area contributed by atoms with Crippen molar-refractivity contribution in [1.82, 2.24) is 9.88 Å². The van der Waals surface area contributed by atoms with Gasteiger partial charge in [0.2, 0.25) is 5.91 Å². The maximum atomic E-state index is 12.6. The number of piperidine rings is 1. The summed E-state index contributed by atoms with van der Waals surface area (Å²) in [6.07, 6.45) is 1.43. The fraction of sp³-hybridized carbons (Fsp3) is 0.368. The lowest BCUT2D eigenvalue weighted by molar-refractivity contribution is -0.146. The van der Waals surface area contributed by atoms with Gasteiger partial charge in [0.05, 0.1) is 19.4 Å². The monoisotopic (exact) mass is 387 g/mol. The summed E-state index contributed by atoms with van der Waals surface area (Å²) in [6, 6.07) is 9.43. The lowest BCUT2D eigenvalue weighted by atomic mass is 9.97. The van der Waals surface area contributed by atoms with Gasteiger partial charge in [-0.1, -0.05) is 30.3 Å². The molecule has 2 heterocycles. The van der Waals surface area contributed by atoms with Crippen LogP contribution in [0.4, 0.5) is 5.13 Å². The summed E-state index contributed by atoms with van der Waals surface area (Å²) in [7, 11) is 1.38. The van der Waals surface area contributed by atoms with E-state index in [9.17, 15) is 14.4 Å². The van der Waals surface area contributed by atoms with Crippen LogP contribution in [0.1, 0.15) is 28.9 Å². The van der Waals surface area contributed by atoms with Gasteiger partial charge in [0, 0.05) is 18.5 Å². The molecule has 0 radical (unpaired) electrons. The molecule has 1 saturated heterocycles. The van der Waals surface area contributed by atoms with Crippen molar-refractivity contribution in [3.63, 3.8) is 0 Å². The highest BCUT2D eigenvalue weighted by molar-refractivity contribution is 7.14. The van der Waals surface area contributed by atoms with Gasteiger partial charge in [0.1, 0.15) is 5.69 Å². The number of thiazole rings is 1. The fourth-order valence-corrected chi connectivity index (χ4v) is 3.72. The number of rotatable bonds is 5. The number of aromatic nitrogens is 1. The van der Waals surface area contributed by atoms with Crippen molar-refractivity contribution in [2.75, 3.05) is 25.5 Å². The molecule has 8 heteroatoms. The Morgan fingerprint density at radius 2 is 1.93 bits per heavy atom. The van der Waals surface area contributed by atoms with E-state index < -0.39 is 0 Å². The van der Waals surface area contributed by atoms with E-state index in [2.05, 4.69) is 10.3 Å².